The summed E-state index contributed by atoms with van der Waals surface area (Å²) in [7, 11) is 3.19. The van der Waals surface area contributed by atoms with E-state index < -0.39 is 6.04 Å². The van der Waals surface area contributed by atoms with Gasteiger partial charge >= 0.3 is 0 Å². The minimum absolute atomic E-state index is 0.0313. The summed E-state index contributed by atoms with van der Waals surface area (Å²) >= 11 is 0. The molecule has 6 nitrogen and oxygen atoms in total. The lowest BCUT2D eigenvalue weighted by molar-refractivity contribution is -0.141. The van der Waals surface area contributed by atoms with Crippen molar-refractivity contribution in [2.24, 2.45) is 0 Å². The molecule has 0 unspecified atom stereocenters. The zero-order valence-electron chi connectivity index (χ0n) is 21.6. The van der Waals surface area contributed by atoms with E-state index in [1.807, 2.05) is 92.7 Å². The van der Waals surface area contributed by atoms with E-state index >= 15 is 0 Å². The van der Waals surface area contributed by atoms with Gasteiger partial charge in [0.2, 0.25) is 11.8 Å². The van der Waals surface area contributed by atoms with Crippen LogP contribution in [-0.4, -0.2) is 43.0 Å². The van der Waals surface area contributed by atoms with Gasteiger partial charge in [-0.3, -0.25) is 9.59 Å². The van der Waals surface area contributed by atoms with Crippen LogP contribution in [0.3, 0.4) is 0 Å². The molecule has 0 fully saturated rings. The number of carbonyl (C=O) groups excluding carboxylic acids is 2. The Labute approximate surface area is 214 Å². The van der Waals surface area contributed by atoms with E-state index in [1.54, 1.807) is 19.1 Å². The van der Waals surface area contributed by atoms with Crippen molar-refractivity contribution in [1.82, 2.24) is 10.2 Å². The number of nitrogens with zero attached hydrogens (tertiary/aromatic N) is 1. The van der Waals surface area contributed by atoms with Crippen LogP contribution in [0.4, 0.5) is 0 Å². The van der Waals surface area contributed by atoms with Gasteiger partial charge in [0.15, 0.2) is 11.5 Å². The summed E-state index contributed by atoms with van der Waals surface area (Å²) in [5.41, 5.74) is 2.95. The zero-order chi connectivity index (χ0) is 25.9. The van der Waals surface area contributed by atoms with Crippen LogP contribution in [0.2, 0.25) is 0 Å². The highest BCUT2D eigenvalue weighted by Crippen LogP contribution is 2.28. The molecule has 0 aromatic heterocycles. The topological polar surface area (TPSA) is 67.9 Å². The number of carbonyl (C=O) groups is 2. The van der Waals surface area contributed by atoms with Crippen molar-refractivity contribution < 1.29 is 19.1 Å². The van der Waals surface area contributed by atoms with Gasteiger partial charge in [-0.25, -0.2) is 0 Å². The second kappa shape index (κ2) is 13.3. The molecule has 0 aliphatic rings. The molecule has 0 saturated carbocycles. The number of aryl methyl sites for hydroxylation is 1. The van der Waals surface area contributed by atoms with Crippen molar-refractivity contribution in [2.75, 3.05) is 14.2 Å². The van der Waals surface area contributed by atoms with Gasteiger partial charge in [0.1, 0.15) is 6.04 Å². The molecular weight excluding hydrogens is 452 g/mol. The number of methoxy groups -OCH3 is 2. The predicted octanol–water partition coefficient (Wildman–Crippen LogP) is 4.80. The van der Waals surface area contributed by atoms with E-state index in [4.69, 9.17) is 9.47 Å². The summed E-state index contributed by atoms with van der Waals surface area (Å²) in [5, 5.41) is 3.02. The number of nitrogens with one attached hydrogen (secondary N) is 1. The van der Waals surface area contributed by atoms with E-state index in [0.29, 0.717) is 30.9 Å². The molecule has 0 bridgehead atoms. The van der Waals surface area contributed by atoms with E-state index in [2.05, 4.69) is 5.32 Å². The van der Waals surface area contributed by atoms with Crippen molar-refractivity contribution in [3.63, 3.8) is 0 Å². The monoisotopic (exact) mass is 488 g/mol. The third-order valence-corrected chi connectivity index (χ3v) is 5.97. The Hall–Kier alpha value is -3.80. The van der Waals surface area contributed by atoms with Crippen molar-refractivity contribution in [3.05, 3.63) is 95.6 Å². The molecule has 0 radical (unpaired) electrons. The van der Waals surface area contributed by atoms with Gasteiger partial charge in [-0.1, -0.05) is 66.7 Å². The Morgan fingerprint density at radius 3 is 2.00 bits per heavy atom. The predicted molar refractivity (Wildman–Crippen MR) is 142 cm³/mol. The number of rotatable bonds is 12. The van der Waals surface area contributed by atoms with Crippen LogP contribution in [0.25, 0.3) is 0 Å². The average Bonchev–Trinajstić information content (AvgIpc) is 2.89. The molecule has 3 rings (SSSR count). The third-order valence-electron chi connectivity index (χ3n) is 5.97. The van der Waals surface area contributed by atoms with Gasteiger partial charge in [0, 0.05) is 25.4 Å². The Morgan fingerprint density at radius 1 is 0.806 bits per heavy atom. The van der Waals surface area contributed by atoms with Crippen molar-refractivity contribution in [1.29, 1.82) is 0 Å². The van der Waals surface area contributed by atoms with Gasteiger partial charge in [0.05, 0.1) is 14.2 Å². The highest BCUT2D eigenvalue weighted by molar-refractivity contribution is 5.88. The smallest absolute Gasteiger partial charge is 0.243 e. The van der Waals surface area contributed by atoms with Crippen molar-refractivity contribution in [2.45, 2.75) is 51.7 Å². The highest BCUT2D eigenvalue weighted by Gasteiger charge is 2.30. The van der Waals surface area contributed by atoms with E-state index in [1.165, 1.54) is 0 Å². The summed E-state index contributed by atoms with van der Waals surface area (Å²) in [6, 6.07) is 24.6. The normalized spacial score (nSPS) is 11.6. The fraction of sp³-hybridized carbons (Fsp3) is 0.333. The minimum atomic E-state index is -0.632. The lowest BCUT2D eigenvalue weighted by Crippen LogP contribution is -2.51. The van der Waals surface area contributed by atoms with Crippen LogP contribution in [0.5, 0.6) is 11.5 Å². The molecule has 3 aromatic carbocycles. The van der Waals surface area contributed by atoms with Gasteiger partial charge in [-0.15, -0.1) is 0 Å². The second-order valence-corrected chi connectivity index (χ2v) is 9.07. The van der Waals surface area contributed by atoms with Gasteiger partial charge < -0.3 is 19.7 Å². The molecule has 2 amide bonds. The fourth-order valence-corrected chi connectivity index (χ4v) is 4.15. The fourth-order valence-electron chi connectivity index (χ4n) is 4.15. The van der Waals surface area contributed by atoms with Gasteiger partial charge in [-0.2, -0.15) is 0 Å². The molecule has 0 aliphatic heterocycles. The molecule has 6 heteroatoms. The number of hydrogen-bond acceptors (Lipinski definition) is 4. The minimum Gasteiger partial charge on any atom is -0.493 e. The van der Waals surface area contributed by atoms with E-state index in [0.717, 1.165) is 16.7 Å². The Kier molecular flexibility index (Phi) is 9.92. The summed E-state index contributed by atoms with van der Waals surface area (Å²) in [5.74, 6) is 1.05. The number of benzene rings is 3. The summed E-state index contributed by atoms with van der Waals surface area (Å²) in [6.07, 6.45) is 1.23. The Bertz CT molecular complexity index is 1120. The third kappa shape index (κ3) is 7.60. The second-order valence-electron chi connectivity index (χ2n) is 9.07. The SMILES string of the molecule is COc1ccc(CCC(=O)N(Cc2ccccc2)[C@@H](Cc2ccccc2)C(=O)NC(C)C)cc1OC. The molecule has 3 aromatic rings. The van der Waals surface area contributed by atoms with Crippen LogP contribution in [0.15, 0.2) is 78.9 Å². The maximum absolute atomic E-state index is 13.7. The first-order chi connectivity index (χ1) is 17.4. The number of ether oxygens (including phenoxy) is 2. The van der Waals surface area contributed by atoms with E-state index in [-0.39, 0.29) is 24.3 Å². The Morgan fingerprint density at radius 2 is 1.42 bits per heavy atom. The van der Waals surface area contributed by atoms with Crippen LogP contribution in [0.1, 0.15) is 37.0 Å². The highest BCUT2D eigenvalue weighted by atomic mass is 16.5. The summed E-state index contributed by atoms with van der Waals surface area (Å²) in [4.78, 5) is 28.8. The zero-order valence-corrected chi connectivity index (χ0v) is 21.6. The van der Waals surface area contributed by atoms with Gasteiger partial charge in [0.25, 0.3) is 0 Å². The Balaban J connectivity index is 1.88. The van der Waals surface area contributed by atoms with Crippen molar-refractivity contribution in [3.8, 4) is 11.5 Å². The molecule has 36 heavy (non-hydrogen) atoms. The van der Waals surface area contributed by atoms with Crippen LogP contribution < -0.4 is 14.8 Å². The maximum Gasteiger partial charge on any atom is 0.243 e. The standard InChI is InChI=1S/C30H36N2O4/c1-22(2)31-30(34)26(19-23-11-7-5-8-12-23)32(21-25-13-9-6-10-14-25)29(33)18-16-24-15-17-27(35-3)28(20-24)36-4/h5-15,17,20,22,26H,16,18-19,21H2,1-4H3,(H,31,34)/t26-/m0/s1. The summed E-state index contributed by atoms with van der Waals surface area (Å²) < 4.78 is 10.7. The largest absolute Gasteiger partial charge is 0.493 e. The first-order valence-electron chi connectivity index (χ1n) is 12.3. The quantitative estimate of drug-likeness (QED) is 0.398. The molecule has 0 saturated heterocycles. The van der Waals surface area contributed by atoms with Crippen LogP contribution in [-0.2, 0) is 29.0 Å². The van der Waals surface area contributed by atoms with Crippen LogP contribution in [0, 0.1) is 0 Å². The lowest BCUT2D eigenvalue weighted by atomic mass is 10.0. The molecular formula is C30H36N2O4. The first kappa shape index (κ1) is 26.8. The van der Waals surface area contributed by atoms with E-state index in [9.17, 15) is 9.59 Å². The number of hydrogen-bond donors (Lipinski definition) is 1. The molecule has 1 atom stereocenters. The summed E-state index contributed by atoms with van der Waals surface area (Å²) in [6.45, 7) is 4.21. The first-order valence-corrected chi connectivity index (χ1v) is 12.3. The molecule has 0 spiro atoms. The lowest BCUT2D eigenvalue weighted by Gasteiger charge is -2.32. The molecule has 1 N–H and O–H groups in total. The average molecular weight is 489 g/mol. The van der Waals surface area contributed by atoms with Crippen LogP contribution >= 0.6 is 0 Å². The number of amides is 2. The molecule has 190 valence electrons. The van der Waals surface area contributed by atoms with Gasteiger partial charge in [-0.05, 0) is 49.1 Å². The molecule has 0 aliphatic carbocycles. The molecule has 0 heterocycles. The van der Waals surface area contributed by atoms with Crippen molar-refractivity contribution >= 4 is 11.8 Å². The maximum atomic E-state index is 13.7.